The molecule has 2 aromatic carbocycles. The molecule has 3 heterocycles. The van der Waals surface area contributed by atoms with E-state index in [1.54, 1.807) is 60.4 Å². The molecule has 2 aromatic heterocycles. The zero-order valence-electron chi connectivity index (χ0n) is 56.1. The number of anilines is 1. The van der Waals surface area contributed by atoms with Crippen LogP contribution in [-0.2, 0) is 69.1 Å². The van der Waals surface area contributed by atoms with Crippen LogP contribution in [0.4, 0.5) is 5.95 Å². The summed E-state index contributed by atoms with van der Waals surface area (Å²) in [6.45, 7) is 12.7. The third kappa shape index (κ3) is 31.0. The lowest BCUT2D eigenvalue weighted by molar-refractivity contribution is -0.139. The number of sulfonamides is 1. The highest BCUT2D eigenvalue weighted by molar-refractivity contribution is 7.89. The minimum atomic E-state index is -4.40. The number of hydrogen-bond donors (Lipinski definition) is 11. The molecule has 5 amide bonds. The Labute approximate surface area is 565 Å². The standard InChI is InChI=1S/C63H99N15O18S/c1-5-74-22-24-76(44-57(82)83)28-26-75(27-29-77(25-23-74)45-58(84)85)43-56(81)72-51(12-14-55(80)65-20-33-92-4)61(87)66-17-9-31-94-35-37-95-36-34-93-30-8-16-64-54(79)10-6-32-96-50-38-46(2)59(47(3)39-50)97(90,91)73-52(62(88)89)42-70-60(86)48-11-13-53-49(40-48)41-71-78(53)21-7-15-67-63-68-18-19-69-63/h11,13,18-19,38-41,51-52,73H,5-10,12,14-17,20-37,42-45H2,1-4H3,(H,64,79)(H,65,80)(H,66,87)(H,70,86)(H,72,81)(H,82,83)(H,84,85)(H,88,89)(H2,67,68,69)/t51-,52+/m1/s1. The quantitative estimate of drug-likeness (QED) is 0.0253. The molecule has 97 heavy (non-hydrogen) atoms. The first-order valence-electron chi connectivity index (χ1n) is 32.8. The number of amides is 5. The van der Waals surface area contributed by atoms with Gasteiger partial charge in [-0.1, -0.05) is 6.92 Å². The number of aliphatic carboxylic acids is 3. The third-order valence-corrected chi connectivity index (χ3v) is 17.3. The average molecular weight is 1390 g/mol. The van der Waals surface area contributed by atoms with Gasteiger partial charge in [-0.25, -0.2) is 13.4 Å². The monoisotopic (exact) mass is 1390 g/mol. The van der Waals surface area contributed by atoms with Crippen LogP contribution in [0.3, 0.4) is 0 Å². The van der Waals surface area contributed by atoms with Crippen LogP contribution in [0, 0.1) is 13.8 Å². The van der Waals surface area contributed by atoms with Crippen LogP contribution in [-0.4, -0.2) is 294 Å². The van der Waals surface area contributed by atoms with Gasteiger partial charge in [0.1, 0.15) is 17.8 Å². The number of H-pyrrole nitrogens is 1. The zero-order valence-corrected chi connectivity index (χ0v) is 56.9. The minimum absolute atomic E-state index is 0.0101. The molecule has 0 aliphatic carbocycles. The second-order valence-corrected chi connectivity index (χ2v) is 24.8. The van der Waals surface area contributed by atoms with Crippen molar-refractivity contribution in [3.8, 4) is 5.75 Å². The number of benzene rings is 2. The van der Waals surface area contributed by atoms with E-state index in [4.69, 9.17) is 23.7 Å². The van der Waals surface area contributed by atoms with E-state index in [1.807, 2.05) is 16.5 Å². The number of rotatable bonds is 46. The molecular weight excluding hydrogens is 1290 g/mol. The SMILES string of the molecule is CCN1CCN(CC(=O)O)CCN(CC(=O)N[C@H](CCC(=O)NCCOC)C(=O)NCCCOCCOCCOCCCNC(=O)CCCOc2cc(C)c(S(=O)(=O)N[C@@H](CNC(=O)c3ccc4c(cnn4CCCNc4ncc[nH]4)c3)C(=O)O)c(C)c2)CCN(CC(=O)O)CC1. The first kappa shape index (κ1) is 79.8. The summed E-state index contributed by atoms with van der Waals surface area (Å²) in [7, 11) is -2.89. The molecule has 0 spiro atoms. The Balaban J connectivity index is 0.915. The second-order valence-electron chi connectivity index (χ2n) is 23.2. The third-order valence-electron chi connectivity index (χ3n) is 15.5. The molecule has 0 unspecified atom stereocenters. The molecule has 5 rings (SSSR count). The van der Waals surface area contributed by atoms with Crippen molar-refractivity contribution in [3.63, 3.8) is 0 Å². The molecule has 1 aliphatic rings. The van der Waals surface area contributed by atoms with E-state index >= 15 is 0 Å². The molecule has 33 nitrogen and oxygen atoms in total. The van der Waals surface area contributed by atoms with Crippen LogP contribution in [0.2, 0.25) is 0 Å². The Morgan fingerprint density at radius 3 is 1.81 bits per heavy atom. The van der Waals surface area contributed by atoms with E-state index in [0.29, 0.717) is 166 Å². The molecule has 1 saturated heterocycles. The van der Waals surface area contributed by atoms with Gasteiger partial charge in [0, 0.05) is 148 Å². The highest BCUT2D eigenvalue weighted by Crippen LogP contribution is 2.26. The Morgan fingerprint density at radius 2 is 1.23 bits per heavy atom. The number of nitrogens with one attached hydrogen (secondary N) is 8. The molecule has 2 atom stereocenters. The van der Waals surface area contributed by atoms with Crippen molar-refractivity contribution in [2.24, 2.45) is 0 Å². The number of ether oxygens (including phenoxy) is 5. The number of aromatic nitrogens is 4. The van der Waals surface area contributed by atoms with E-state index in [-0.39, 0.29) is 87.5 Å². The number of likely N-dealkylation sites (N-methyl/N-ethyl adjacent to an activating group) is 1. The number of aryl methyl sites for hydroxylation is 3. The number of carbonyl (C=O) groups is 8. The van der Waals surface area contributed by atoms with Crippen molar-refractivity contribution in [2.45, 2.75) is 89.2 Å². The zero-order chi connectivity index (χ0) is 70.4. The number of aromatic amines is 1. The van der Waals surface area contributed by atoms with Crippen molar-refractivity contribution in [2.75, 3.05) is 177 Å². The van der Waals surface area contributed by atoms with E-state index in [1.165, 1.54) is 19.2 Å². The number of hydrogen-bond acceptors (Lipinski definition) is 22. The number of carboxylic acids is 3. The summed E-state index contributed by atoms with van der Waals surface area (Å²) in [4.78, 5) is 116. The lowest BCUT2D eigenvalue weighted by Crippen LogP contribution is -2.52. The van der Waals surface area contributed by atoms with Crippen LogP contribution in [0.15, 0.2) is 53.8 Å². The fourth-order valence-corrected chi connectivity index (χ4v) is 12.1. The van der Waals surface area contributed by atoms with Gasteiger partial charge >= 0.3 is 17.9 Å². The first-order valence-corrected chi connectivity index (χ1v) is 34.2. The summed E-state index contributed by atoms with van der Waals surface area (Å²) in [5, 5.41) is 51.2. The van der Waals surface area contributed by atoms with Crippen LogP contribution in [0.5, 0.6) is 5.75 Å². The first-order chi connectivity index (χ1) is 46.6. The molecule has 0 saturated carbocycles. The van der Waals surface area contributed by atoms with Crippen molar-refractivity contribution >= 4 is 74.3 Å². The molecule has 1 fully saturated rings. The smallest absolute Gasteiger partial charge is 0.323 e. The number of carbonyl (C=O) groups excluding carboxylic acids is 5. The largest absolute Gasteiger partial charge is 0.494 e. The van der Waals surface area contributed by atoms with E-state index in [0.717, 1.165) is 11.9 Å². The van der Waals surface area contributed by atoms with Crippen molar-refractivity contribution in [1.82, 2.24) is 70.7 Å². The van der Waals surface area contributed by atoms with Gasteiger partial charge in [0.2, 0.25) is 33.7 Å². The van der Waals surface area contributed by atoms with Gasteiger partial charge in [0.15, 0.2) is 5.95 Å². The van der Waals surface area contributed by atoms with Crippen LogP contribution in [0.1, 0.15) is 73.4 Å². The number of fused-ring (bicyclic) bond motifs is 1. The van der Waals surface area contributed by atoms with E-state index < -0.39 is 64.3 Å². The van der Waals surface area contributed by atoms with E-state index in [9.17, 15) is 62.1 Å². The van der Waals surface area contributed by atoms with Gasteiger partial charge < -0.3 is 80.8 Å². The summed E-state index contributed by atoms with van der Waals surface area (Å²) in [5.74, 6) is -4.48. The number of imidazole rings is 1. The maximum absolute atomic E-state index is 13.6. The lowest BCUT2D eigenvalue weighted by atomic mass is 10.1. The number of methoxy groups -OCH3 is 1. The van der Waals surface area contributed by atoms with Crippen LogP contribution in [0.25, 0.3) is 10.9 Å². The Hall–Kier alpha value is -7.93. The van der Waals surface area contributed by atoms with E-state index in [2.05, 4.69) is 56.6 Å². The van der Waals surface area contributed by atoms with Gasteiger partial charge in [-0.15, -0.1) is 0 Å². The number of carboxylic acid groups (broad SMARTS) is 3. The van der Waals surface area contributed by atoms with Gasteiger partial charge in [0.05, 0.1) is 75.9 Å². The predicted molar refractivity (Wildman–Crippen MR) is 357 cm³/mol. The predicted octanol–water partition coefficient (Wildman–Crippen LogP) is -0.300. The average Bonchev–Trinajstić information content (AvgIpc) is 1.27. The van der Waals surface area contributed by atoms with Crippen molar-refractivity contribution in [3.05, 3.63) is 65.6 Å². The van der Waals surface area contributed by atoms with Gasteiger partial charge in [-0.3, -0.25) is 57.7 Å². The molecule has 4 aromatic rings. The fraction of sp³-hybridized carbons (Fsp3) is 0.619. The normalized spacial score (nSPS) is 14.6. The molecule has 0 bridgehead atoms. The summed E-state index contributed by atoms with van der Waals surface area (Å²) >= 11 is 0. The summed E-state index contributed by atoms with van der Waals surface area (Å²) in [6, 6.07) is 5.24. The lowest BCUT2D eigenvalue weighted by Gasteiger charge is -2.33. The molecule has 34 heteroatoms. The highest BCUT2D eigenvalue weighted by Gasteiger charge is 2.30. The summed E-state index contributed by atoms with van der Waals surface area (Å²) in [5.41, 5.74) is 1.64. The topological polar surface area (TPSA) is 421 Å². The van der Waals surface area contributed by atoms with Gasteiger partial charge in [-0.05, 0) is 94.0 Å². The van der Waals surface area contributed by atoms with Crippen LogP contribution >= 0.6 is 0 Å². The molecule has 1 aliphatic heterocycles. The highest BCUT2D eigenvalue weighted by atomic mass is 32.2. The van der Waals surface area contributed by atoms with Crippen LogP contribution < -0.4 is 41.4 Å². The minimum Gasteiger partial charge on any atom is -0.494 e. The molecule has 540 valence electrons. The molecule has 11 N–H and O–H groups in total. The second kappa shape index (κ2) is 44.1. The summed E-state index contributed by atoms with van der Waals surface area (Å²) in [6.07, 6.45) is 7.28. The molecular formula is C63H99N15O18S. The Kier molecular flexibility index (Phi) is 36.2. The van der Waals surface area contributed by atoms with Gasteiger partial charge in [-0.2, -0.15) is 9.82 Å². The Morgan fingerprint density at radius 1 is 0.639 bits per heavy atom. The fourth-order valence-electron chi connectivity index (χ4n) is 10.4. The molecule has 0 radical (unpaired) electrons. The maximum atomic E-state index is 13.6. The Bertz CT molecular complexity index is 3160. The van der Waals surface area contributed by atoms with Gasteiger partial charge in [0.25, 0.3) is 5.91 Å². The maximum Gasteiger partial charge on any atom is 0.323 e. The van der Waals surface area contributed by atoms with Crippen molar-refractivity contribution in [1.29, 1.82) is 0 Å². The summed E-state index contributed by atoms with van der Waals surface area (Å²) < 4.78 is 59.0. The van der Waals surface area contributed by atoms with Crippen molar-refractivity contribution < 1.29 is 85.8 Å². The number of nitrogens with zero attached hydrogens (tertiary/aromatic N) is 7.